The van der Waals surface area contributed by atoms with E-state index >= 15 is 0 Å². The van der Waals surface area contributed by atoms with E-state index in [1.54, 1.807) is 0 Å². The topological polar surface area (TPSA) is 20.2 Å². The van der Waals surface area contributed by atoms with Gasteiger partial charge < -0.3 is 5.11 Å². The van der Waals surface area contributed by atoms with Gasteiger partial charge >= 0.3 is 0 Å². The van der Waals surface area contributed by atoms with Gasteiger partial charge in [0.15, 0.2) is 0 Å². The molecular formula is C14H22O. The summed E-state index contributed by atoms with van der Waals surface area (Å²) >= 11 is 0. The molecule has 1 heteroatoms. The molecule has 1 unspecified atom stereocenters. The van der Waals surface area contributed by atoms with E-state index in [9.17, 15) is 5.11 Å². The Morgan fingerprint density at radius 3 is 2.53 bits per heavy atom. The van der Waals surface area contributed by atoms with E-state index in [1.165, 1.54) is 11.1 Å². The molecule has 0 aliphatic rings. The average Bonchev–Trinajstić information content (AvgIpc) is 1.99. The number of aryl methyl sites for hydroxylation is 1. The summed E-state index contributed by atoms with van der Waals surface area (Å²) in [5, 5.41) is 10.2. The van der Waals surface area contributed by atoms with E-state index in [1.807, 2.05) is 6.92 Å². The van der Waals surface area contributed by atoms with Gasteiger partial charge in [-0.15, -0.1) is 0 Å². The zero-order chi connectivity index (χ0) is 11.5. The van der Waals surface area contributed by atoms with Crippen LogP contribution in [0.1, 0.15) is 38.3 Å². The van der Waals surface area contributed by atoms with Gasteiger partial charge in [0.2, 0.25) is 0 Å². The van der Waals surface area contributed by atoms with Crippen molar-refractivity contribution in [3.8, 4) is 0 Å². The second-order valence-electron chi connectivity index (χ2n) is 5.26. The van der Waals surface area contributed by atoms with Crippen LogP contribution in [0.4, 0.5) is 0 Å². The van der Waals surface area contributed by atoms with E-state index < -0.39 is 5.60 Å². The van der Waals surface area contributed by atoms with Crippen LogP contribution in [-0.2, 0) is 6.42 Å². The molecule has 0 saturated heterocycles. The van der Waals surface area contributed by atoms with Crippen molar-refractivity contribution >= 4 is 0 Å². The molecular weight excluding hydrogens is 184 g/mol. The lowest BCUT2D eigenvalue weighted by Crippen LogP contribution is -2.29. The van der Waals surface area contributed by atoms with Gasteiger partial charge in [-0.25, -0.2) is 0 Å². The Bertz CT molecular complexity index is 313. The van der Waals surface area contributed by atoms with Crippen LogP contribution in [-0.4, -0.2) is 10.7 Å². The molecule has 0 amide bonds. The Morgan fingerprint density at radius 2 is 2.00 bits per heavy atom. The van der Waals surface area contributed by atoms with Crippen LogP contribution < -0.4 is 0 Å². The van der Waals surface area contributed by atoms with E-state index in [0.29, 0.717) is 5.92 Å². The molecule has 0 saturated carbocycles. The van der Waals surface area contributed by atoms with Gasteiger partial charge in [-0.05, 0) is 31.7 Å². The molecule has 1 rings (SSSR count). The maximum atomic E-state index is 10.2. The molecule has 1 N–H and O–H groups in total. The summed E-state index contributed by atoms with van der Waals surface area (Å²) in [6.07, 6.45) is 1.59. The van der Waals surface area contributed by atoms with E-state index in [2.05, 4.69) is 45.0 Å². The number of hydrogen-bond donors (Lipinski definition) is 1. The van der Waals surface area contributed by atoms with Gasteiger partial charge in [-0.3, -0.25) is 0 Å². The third-order valence-electron chi connectivity index (χ3n) is 2.52. The first kappa shape index (κ1) is 12.3. The average molecular weight is 206 g/mol. The highest BCUT2D eigenvalue weighted by Crippen LogP contribution is 2.21. The molecule has 1 nitrogen and oxygen atoms in total. The second-order valence-corrected chi connectivity index (χ2v) is 5.26. The third kappa shape index (κ3) is 4.48. The summed E-state index contributed by atoms with van der Waals surface area (Å²) in [6.45, 7) is 8.30. The maximum absolute atomic E-state index is 10.2. The molecule has 1 atom stereocenters. The first-order valence-electron chi connectivity index (χ1n) is 5.67. The second kappa shape index (κ2) is 4.80. The number of aliphatic hydroxyl groups is 1. The summed E-state index contributed by atoms with van der Waals surface area (Å²) in [5.41, 5.74) is 1.90. The smallest absolute Gasteiger partial charge is 0.0662 e. The summed E-state index contributed by atoms with van der Waals surface area (Å²) < 4.78 is 0. The third-order valence-corrected chi connectivity index (χ3v) is 2.52. The molecule has 1 aromatic carbocycles. The Kier molecular flexibility index (Phi) is 3.92. The zero-order valence-electron chi connectivity index (χ0n) is 10.2. The summed E-state index contributed by atoms with van der Waals surface area (Å²) in [4.78, 5) is 0. The van der Waals surface area contributed by atoms with E-state index in [-0.39, 0.29) is 0 Å². The summed E-state index contributed by atoms with van der Waals surface area (Å²) in [6, 6.07) is 8.37. The van der Waals surface area contributed by atoms with Crippen LogP contribution in [0.5, 0.6) is 0 Å². The summed E-state index contributed by atoms with van der Waals surface area (Å²) in [7, 11) is 0. The van der Waals surface area contributed by atoms with Crippen molar-refractivity contribution < 1.29 is 5.11 Å². The Balaban J connectivity index is 2.68. The number of hydrogen-bond acceptors (Lipinski definition) is 1. The van der Waals surface area contributed by atoms with Gasteiger partial charge in [0.25, 0.3) is 0 Å². The van der Waals surface area contributed by atoms with Crippen LogP contribution in [0, 0.1) is 12.8 Å². The summed E-state index contributed by atoms with van der Waals surface area (Å²) in [5.74, 6) is 0.532. The van der Waals surface area contributed by atoms with Crippen molar-refractivity contribution in [2.75, 3.05) is 0 Å². The van der Waals surface area contributed by atoms with Crippen molar-refractivity contribution in [2.45, 2.75) is 46.1 Å². The van der Waals surface area contributed by atoms with Gasteiger partial charge in [-0.2, -0.15) is 0 Å². The predicted molar refractivity (Wildman–Crippen MR) is 65.0 cm³/mol. The minimum Gasteiger partial charge on any atom is -0.390 e. The maximum Gasteiger partial charge on any atom is 0.0662 e. The lowest BCUT2D eigenvalue weighted by atomic mass is 9.88. The fourth-order valence-corrected chi connectivity index (χ4v) is 2.21. The van der Waals surface area contributed by atoms with Crippen LogP contribution in [0.3, 0.4) is 0 Å². The highest BCUT2D eigenvalue weighted by molar-refractivity contribution is 5.23. The van der Waals surface area contributed by atoms with E-state index in [0.717, 1.165) is 12.8 Å². The molecule has 0 radical (unpaired) electrons. The van der Waals surface area contributed by atoms with Crippen LogP contribution in [0.2, 0.25) is 0 Å². The van der Waals surface area contributed by atoms with Gasteiger partial charge in [-0.1, -0.05) is 43.7 Å². The van der Waals surface area contributed by atoms with Crippen molar-refractivity contribution in [2.24, 2.45) is 5.92 Å². The molecule has 1 aromatic rings. The van der Waals surface area contributed by atoms with Crippen LogP contribution in [0.15, 0.2) is 24.3 Å². The molecule has 15 heavy (non-hydrogen) atoms. The van der Waals surface area contributed by atoms with Crippen molar-refractivity contribution in [1.82, 2.24) is 0 Å². The molecule has 0 spiro atoms. The quantitative estimate of drug-likeness (QED) is 0.801. The molecule has 0 fully saturated rings. The molecule has 0 aliphatic carbocycles. The first-order valence-corrected chi connectivity index (χ1v) is 5.67. The Hall–Kier alpha value is -0.820. The lowest BCUT2D eigenvalue weighted by Gasteiger charge is -2.25. The Labute approximate surface area is 93.1 Å². The highest BCUT2D eigenvalue weighted by Gasteiger charge is 2.22. The van der Waals surface area contributed by atoms with Crippen molar-refractivity contribution in [3.05, 3.63) is 35.4 Å². The minimum atomic E-state index is -0.581. The first-order chi connectivity index (χ1) is 6.89. The van der Waals surface area contributed by atoms with Gasteiger partial charge in [0.05, 0.1) is 5.60 Å². The SMILES string of the molecule is Cc1cccc(CC(C)(O)CC(C)C)c1. The van der Waals surface area contributed by atoms with Crippen molar-refractivity contribution in [1.29, 1.82) is 0 Å². The monoisotopic (exact) mass is 206 g/mol. The standard InChI is InChI=1S/C14H22O/c1-11(2)9-14(4,15)10-13-7-5-6-12(3)8-13/h5-8,11,15H,9-10H2,1-4H3. The van der Waals surface area contributed by atoms with Gasteiger partial charge in [0.1, 0.15) is 0 Å². The minimum absolute atomic E-state index is 0.532. The molecule has 0 aliphatic heterocycles. The lowest BCUT2D eigenvalue weighted by molar-refractivity contribution is 0.0388. The van der Waals surface area contributed by atoms with Crippen LogP contribution >= 0.6 is 0 Å². The molecule has 0 aromatic heterocycles. The number of rotatable bonds is 4. The van der Waals surface area contributed by atoms with Gasteiger partial charge in [0, 0.05) is 6.42 Å². The molecule has 0 bridgehead atoms. The largest absolute Gasteiger partial charge is 0.390 e. The van der Waals surface area contributed by atoms with Crippen molar-refractivity contribution in [3.63, 3.8) is 0 Å². The molecule has 0 heterocycles. The number of benzene rings is 1. The van der Waals surface area contributed by atoms with E-state index in [4.69, 9.17) is 0 Å². The Morgan fingerprint density at radius 1 is 1.33 bits per heavy atom. The molecule has 84 valence electrons. The fraction of sp³-hybridized carbons (Fsp3) is 0.571. The van der Waals surface area contributed by atoms with Crippen LogP contribution in [0.25, 0.3) is 0 Å². The zero-order valence-corrected chi connectivity index (χ0v) is 10.2. The predicted octanol–water partition coefficient (Wildman–Crippen LogP) is 3.33. The fourth-order valence-electron chi connectivity index (χ4n) is 2.21. The normalized spacial score (nSPS) is 15.3. The highest BCUT2D eigenvalue weighted by atomic mass is 16.3.